The Morgan fingerprint density at radius 3 is 2.40 bits per heavy atom. The van der Waals surface area contributed by atoms with Crippen LogP contribution in [0.4, 0.5) is 0 Å². The minimum atomic E-state index is -0.423. The van der Waals surface area contributed by atoms with Gasteiger partial charge in [-0.1, -0.05) is 6.42 Å². The Balaban J connectivity index is 3.67. The number of nitrogens with two attached hydrogens (primary N) is 2. The third-order valence-electron chi connectivity index (χ3n) is 1.88. The molecule has 0 fully saturated rings. The van der Waals surface area contributed by atoms with Crippen LogP contribution >= 0.6 is 0 Å². The summed E-state index contributed by atoms with van der Waals surface area (Å²) in [5.41, 5.74) is 10.7. The normalized spacial score (nSPS) is 13.7. The fraction of sp³-hybridized carbons (Fsp3) is 0.909. The van der Waals surface area contributed by atoms with Gasteiger partial charge in [0.15, 0.2) is 0 Å². The van der Waals surface area contributed by atoms with Crippen LogP contribution in [0.25, 0.3) is 0 Å². The van der Waals surface area contributed by atoms with E-state index in [0.717, 1.165) is 19.3 Å². The molecule has 4 nitrogen and oxygen atoms in total. The van der Waals surface area contributed by atoms with Gasteiger partial charge in [-0.05, 0) is 40.2 Å². The van der Waals surface area contributed by atoms with E-state index >= 15 is 0 Å². The van der Waals surface area contributed by atoms with Crippen molar-refractivity contribution < 1.29 is 9.53 Å². The van der Waals surface area contributed by atoms with Gasteiger partial charge >= 0.3 is 5.97 Å². The second kappa shape index (κ2) is 6.80. The average Bonchev–Trinajstić information content (AvgIpc) is 2.00. The lowest BCUT2D eigenvalue weighted by molar-refractivity contribution is -0.155. The van der Waals surface area contributed by atoms with E-state index in [2.05, 4.69) is 0 Å². The molecule has 0 aromatic carbocycles. The van der Waals surface area contributed by atoms with Gasteiger partial charge in [-0.2, -0.15) is 0 Å². The van der Waals surface area contributed by atoms with Crippen molar-refractivity contribution in [3.05, 3.63) is 0 Å². The molecule has 4 N–H and O–H groups in total. The number of esters is 1. The molecule has 0 radical (unpaired) electrons. The molecule has 0 amide bonds. The van der Waals surface area contributed by atoms with Crippen molar-refractivity contribution in [2.75, 3.05) is 6.54 Å². The lowest BCUT2D eigenvalue weighted by Gasteiger charge is -2.20. The van der Waals surface area contributed by atoms with Crippen LogP contribution in [0.5, 0.6) is 0 Å². The van der Waals surface area contributed by atoms with Gasteiger partial charge in [-0.25, -0.2) is 0 Å². The summed E-state index contributed by atoms with van der Waals surface area (Å²) in [6, 6.07) is -0.105. The number of ether oxygens (including phenoxy) is 1. The fourth-order valence-corrected chi connectivity index (χ4v) is 1.25. The summed E-state index contributed by atoms with van der Waals surface area (Å²) >= 11 is 0. The van der Waals surface area contributed by atoms with Crippen LogP contribution in [0.15, 0.2) is 0 Å². The molecule has 0 saturated carbocycles. The number of unbranched alkanes of at least 4 members (excludes halogenated alkanes) is 1. The summed E-state index contributed by atoms with van der Waals surface area (Å²) < 4.78 is 5.17. The molecule has 0 heterocycles. The molecule has 0 aliphatic rings. The summed E-state index contributed by atoms with van der Waals surface area (Å²) in [5, 5.41) is 0. The maximum atomic E-state index is 11.4. The van der Waals surface area contributed by atoms with Gasteiger partial charge < -0.3 is 16.2 Å². The van der Waals surface area contributed by atoms with Gasteiger partial charge in [0.2, 0.25) is 0 Å². The predicted octanol–water partition coefficient (Wildman–Crippen LogP) is 1.17. The van der Waals surface area contributed by atoms with Crippen LogP contribution < -0.4 is 11.5 Å². The van der Waals surface area contributed by atoms with Crippen molar-refractivity contribution in [3.8, 4) is 0 Å². The molecule has 0 aliphatic carbocycles. The molecular weight excluding hydrogens is 192 g/mol. The monoisotopic (exact) mass is 216 g/mol. The number of carbonyl (C=O) groups excluding carboxylic acids is 1. The quantitative estimate of drug-likeness (QED) is 0.516. The highest BCUT2D eigenvalue weighted by molar-refractivity contribution is 5.70. The van der Waals surface area contributed by atoms with Crippen molar-refractivity contribution in [2.45, 2.75) is 58.1 Å². The molecule has 1 atom stereocenters. The molecule has 0 unspecified atom stereocenters. The molecule has 90 valence electrons. The summed E-state index contributed by atoms with van der Waals surface area (Å²) in [6.07, 6.45) is 3.06. The summed E-state index contributed by atoms with van der Waals surface area (Å²) in [6.45, 7) is 6.24. The van der Waals surface area contributed by atoms with Crippen LogP contribution in [0.3, 0.4) is 0 Å². The standard InChI is InChI=1S/C11H24N2O2/c1-11(2,3)15-10(14)8-9(13)6-4-5-7-12/h9H,4-8,12-13H2,1-3H3/t9-/m0/s1. The average molecular weight is 216 g/mol. The fourth-order valence-electron chi connectivity index (χ4n) is 1.25. The first-order chi connectivity index (χ1) is 6.85. The van der Waals surface area contributed by atoms with E-state index in [0.29, 0.717) is 13.0 Å². The Bertz CT molecular complexity index is 188. The molecule has 0 aromatic heterocycles. The minimum absolute atomic E-state index is 0.105. The van der Waals surface area contributed by atoms with Gasteiger partial charge in [0.1, 0.15) is 5.60 Å². The van der Waals surface area contributed by atoms with Gasteiger partial charge in [0.25, 0.3) is 0 Å². The molecule has 0 spiro atoms. The topological polar surface area (TPSA) is 78.3 Å². The second-order valence-electron chi connectivity index (χ2n) is 4.84. The lowest BCUT2D eigenvalue weighted by Crippen LogP contribution is -2.30. The smallest absolute Gasteiger partial charge is 0.307 e. The molecule has 0 rings (SSSR count). The van der Waals surface area contributed by atoms with E-state index in [1.165, 1.54) is 0 Å². The van der Waals surface area contributed by atoms with Gasteiger partial charge in [-0.3, -0.25) is 4.79 Å². The van der Waals surface area contributed by atoms with Crippen LogP contribution in [0.2, 0.25) is 0 Å². The Labute approximate surface area is 92.3 Å². The molecule has 0 saturated heterocycles. The van der Waals surface area contributed by atoms with Crippen molar-refractivity contribution in [1.82, 2.24) is 0 Å². The third-order valence-corrected chi connectivity index (χ3v) is 1.88. The van der Waals surface area contributed by atoms with E-state index in [4.69, 9.17) is 16.2 Å². The number of carbonyl (C=O) groups is 1. The van der Waals surface area contributed by atoms with Crippen molar-refractivity contribution in [2.24, 2.45) is 11.5 Å². The summed E-state index contributed by atoms with van der Waals surface area (Å²) in [4.78, 5) is 11.4. The highest BCUT2D eigenvalue weighted by Crippen LogP contribution is 2.10. The van der Waals surface area contributed by atoms with Crippen LogP contribution in [0.1, 0.15) is 46.5 Å². The first-order valence-electron chi connectivity index (χ1n) is 5.52. The SMILES string of the molecule is CC(C)(C)OC(=O)C[C@@H](N)CCCCN. The zero-order chi connectivity index (χ0) is 11.9. The van der Waals surface area contributed by atoms with E-state index < -0.39 is 5.60 Å². The van der Waals surface area contributed by atoms with Crippen LogP contribution in [0, 0.1) is 0 Å². The summed E-state index contributed by atoms with van der Waals surface area (Å²) in [7, 11) is 0. The van der Waals surface area contributed by atoms with Crippen molar-refractivity contribution in [3.63, 3.8) is 0 Å². The Kier molecular flexibility index (Phi) is 6.52. The molecule has 0 bridgehead atoms. The maximum absolute atomic E-state index is 11.4. The minimum Gasteiger partial charge on any atom is -0.460 e. The lowest BCUT2D eigenvalue weighted by atomic mass is 10.1. The number of hydrogen-bond donors (Lipinski definition) is 2. The Morgan fingerprint density at radius 1 is 1.33 bits per heavy atom. The summed E-state index contributed by atoms with van der Waals surface area (Å²) in [5.74, 6) is -0.220. The zero-order valence-corrected chi connectivity index (χ0v) is 10.1. The van der Waals surface area contributed by atoms with Crippen molar-refractivity contribution in [1.29, 1.82) is 0 Å². The number of hydrogen-bond acceptors (Lipinski definition) is 4. The third kappa shape index (κ3) is 9.69. The van der Waals surface area contributed by atoms with Crippen LogP contribution in [-0.4, -0.2) is 24.2 Å². The van der Waals surface area contributed by atoms with Crippen molar-refractivity contribution >= 4 is 5.97 Å². The Morgan fingerprint density at radius 2 is 1.93 bits per heavy atom. The molecule has 15 heavy (non-hydrogen) atoms. The van der Waals surface area contributed by atoms with Crippen LogP contribution in [-0.2, 0) is 9.53 Å². The molecular formula is C11H24N2O2. The zero-order valence-electron chi connectivity index (χ0n) is 10.1. The molecule has 0 aromatic rings. The van der Waals surface area contributed by atoms with E-state index in [9.17, 15) is 4.79 Å². The van der Waals surface area contributed by atoms with Gasteiger partial charge in [0, 0.05) is 6.04 Å². The van der Waals surface area contributed by atoms with E-state index in [-0.39, 0.29) is 12.0 Å². The largest absolute Gasteiger partial charge is 0.460 e. The highest BCUT2D eigenvalue weighted by Gasteiger charge is 2.18. The molecule has 4 heteroatoms. The van der Waals surface area contributed by atoms with E-state index in [1.807, 2.05) is 20.8 Å². The van der Waals surface area contributed by atoms with E-state index in [1.54, 1.807) is 0 Å². The predicted molar refractivity (Wildman–Crippen MR) is 61.3 cm³/mol. The second-order valence-corrected chi connectivity index (χ2v) is 4.84. The van der Waals surface area contributed by atoms with Gasteiger partial charge in [0.05, 0.1) is 6.42 Å². The maximum Gasteiger partial charge on any atom is 0.307 e. The Hall–Kier alpha value is -0.610. The number of rotatable bonds is 6. The first kappa shape index (κ1) is 14.4. The highest BCUT2D eigenvalue weighted by atomic mass is 16.6. The van der Waals surface area contributed by atoms with Gasteiger partial charge in [-0.15, -0.1) is 0 Å². The molecule has 0 aliphatic heterocycles. The first-order valence-corrected chi connectivity index (χ1v) is 5.52.